The van der Waals surface area contributed by atoms with E-state index in [1.807, 2.05) is 20.9 Å². The molecule has 7 heteroatoms. The van der Waals surface area contributed by atoms with Crippen LogP contribution in [0.3, 0.4) is 0 Å². The number of amides is 2. The van der Waals surface area contributed by atoms with E-state index in [2.05, 4.69) is 18.3 Å². The van der Waals surface area contributed by atoms with Crippen molar-refractivity contribution >= 4 is 28.2 Å². The summed E-state index contributed by atoms with van der Waals surface area (Å²) in [7, 11) is 1.84. The summed E-state index contributed by atoms with van der Waals surface area (Å²) in [5.41, 5.74) is 1.74. The van der Waals surface area contributed by atoms with Crippen molar-refractivity contribution in [1.29, 1.82) is 5.26 Å². The van der Waals surface area contributed by atoms with Crippen LogP contribution in [-0.4, -0.2) is 49.9 Å². The highest BCUT2D eigenvalue weighted by molar-refractivity contribution is 7.16. The minimum absolute atomic E-state index is 0.0542. The van der Waals surface area contributed by atoms with Crippen LogP contribution in [0.1, 0.15) is 43.2 Å². The molecule has 1 unspecified atom stereocenters. The van der Waals surface area contributed by atoms with E-state index in [1.165, 1.54) is 16.2 Å². The lowest BCUT2D eigenvalue weighted by Crippen LogP contribution is -3.11. The van der Waals surface area contributed by atoms with Gasteiger partial charge in [0.05, 0.1) is 12.6 Å². The molecule has 2 atom stereocenters. The molecule has 1 aromatic heterocycles. The highest BCUT2D eigenvalue weighted by Crippen LogP contribution is 2.39. The lowest BCUT2D eigenvalue weighted by atomic mass is 9.89. The molecule has 1 aliphatic rings. The number of carbonyl (C=O) groups is 2. The van der Waals surface area contributed by atoms with Gasteiger partial charge in [-0.2, -0.15) is 5.26 Å². The van der Waals surface area contributed by atoms with Crippen LogP contribution in [0.15, 0.2) is 0 Å². The average molecular weight is 378 g/mol. The van der Waals surface area contributed by atoms with Crippen molar-refractivity contribution in [3.63, 3.8) is 0 Å². The summed E-state index contributed by atoms with van der Waals surface area (Å²) in [6.45, 7) is 7.98. The molecule has 26 heavy (non-hydrogen) atoms. The maximum absolute atomic E-state index is 12.4. The normalized spacial score (nSPS) is 17.1. The topological polar surface area (TPSA) is 77.6 Å². The zero-order chi connectivity index (χ0) is 19.3. The third-order valence-electron chi connectivity index (χ3n) is 4.91. The van der Waals surface area contributed by atoms with Crippen molar-refractivity contribution in [3.8, 4) is 6.07 Å². The Morgan fingerprint density at radius 2 is 2.04 bits per heavy atom. The van der Waals surface area contributed by atoms with E-state index in [4.69, 9.17) is 0 Å². The van der Waals surface area contributed by atoms with Gasteiger partial charge in [0, 0.05) is 18.0 Å². The highest BCUT2D eigenvalue weighted by atomic mass is 32.1. The molecule has 2 N–H and O–H groups in total. The molecule has 0 aliphatic heterocycles. The Morgan fingerprint density at radius 1 is 1.35 bits per heavy atom. The third kappa shape index (κ3) is 4.83. The van der Waals surface area contributed by atoms with Crippen LogP contribution in [0.4, 0.5) is 5.00 Å². The van der Waals surface area contributed by atoms with E-state index >= 15 is 0 Å². The van der Waals surface area contributed by atoms with Crippen LogP contribution in [-0.2, 0) is 22.4 Å². The molecule has 0 saturated heterocycles. The molecule has 0 fully saturated rings. The van der Waals surface area contributed by atoms with E-state index < -0.39 is 0 Å². The largest absolute Gasteiger partial charge is 0.338 e. The first-order chi connectivity index (χ1) is 12.4. The number of rotatable bonds is 7. The highest BCUT2D eigenvalue weighted by Gasteiger charge is 2.25. The van der Waals surface area contributed by atoms with Gasteiger partial charge >= 0.3 is 0 Å². The summed E-state index contributed by atoms with van der Waals surface area (Å²) in [5.74, 6) is 0.523. The first-order valence-corrected chi connectivity index (χ1v) is 10.1. The molecule has 2 amide bonds. The number of likely N-dealkylation sites (N-methyl/N-ethyl adjacent to an activating group) is 2. The SMILES string of the molecule is CCN(CC)C(=O)C[NH+](C)CC(=O)Nc1sc2c(c1C#N)CC[C@@H](C)C2. The maximum atomic E-state index is 12.4. The predicted octanol–water partition coefficient (Wildman–Crippen LogP) is 1.07. The van der Waals surface area contributed by atoms with Crippen LogP contribution >= 0.6 is 11.3 Å². The van der Waals surface area contributed by atoms with Gasteiger partial charge in [-0.3, -0.25) is 9.59 Å². The number of thiophene rings is 1. The Kier molecular flexibility index (Phi) is 7.18. The number of hydrogen-bond acceptors (Lipinski definition) is 4. The van der Waals surface area contributed by atoms with Crippen LogP contribution < -0.4 is 10.2 Å². The van der Waals surface area contributed by atoms with Crippen molar-refractivity contribution in [2.45, 2.75) is 40.0 Å². The zero-order valence-electron chi connectivity index (χ0n) is 16.1. The molecule has 2 rings (SSSR count). The number of carbonyl (C=O) groups excluding carboxylic acids is 2. The van der Waals surface area contributed by atoms with E-state index in [1.54, 1.807) is 4.90 Å². The van der Waals surface area contributed by atoms with Gasteiger partial charge in [-0.1, -0.05) is 6.92 Å². The zero-order valence-corrected chi connectivity index (χ0v) is 17.0. The molecule has 1 aliphatic carbocycles. The summed E-state index contributed by atoms with van der Waals surface area (Å²) in [5, 5.41) is 13.1. The Morgan fingerprint density at radius 3 is 2.65 bits per heavy atom. The van der Waals surface area contributed by atoms with Crippen molar-refractivity contribution < 1.29 is 14.5 Å². The van der Waals surface area contributed by atoms with Gasteiger partial charge in [-0.25, -0.2) is 0 Å². The van der Waals surface area contributed by atoms with Crippen LogP contribution in [0.5, 0.6) is 0 Å². The van der Waals surface area contributed by atoms with Crippen molar-refractivity contribution in [2.75, 3.05) is 38.5 Å². The molecule has 142 valence electrons. The van der Waals surface area contributed by atoms with E-state index in [-0.39, 0.29) is 18.4 Å². The molecule has 0 bridgehead atoms. The molecular weight excluding hydrogens is 348 g/mol. The van der Waals surface area contributed by atoms with Crippen LogP contribution in [0.25, 0.3) is 0 Å². The lowest BCUT2D eigenvalue weighted by molar-refractivity contribution is -0.862. The Bertz CT molecular complexity index is 703. The molecule has 0 saturated carbocycles. The Balaban J connectivity index is 1.98. The lowest BCUT2D eigenvalue weighted by Gasteiger charge is -2.20. The quantitative estimate of drug-likeness (QED) is 0.746. The monoisotopic (exact) mass is 377 g/mol. The summed E-state index contributed by atoms with van der Waals surface area (Å²) in [6, 6.07) is 2.27. The number of nitrogens with one attached hydrogen (secondary N) is 2. The number of hydrogen-bond donors (Lipinski definition) is 2. The third-order valence-corrected chi connectivity index (χ3v) is 6.08. The Hall–Kier alpha value is -1.91. The number of nitriles is 1. The van der Waals surface area contributed by atoms with Gasteiger partial charge in [0.1, 0.15) is 11.1 Å². The van der Waals surface area contributed by atoms with Crippen molar-refractivity contribution in [2.24, 2.45) is 5.92 Å². The van der Waals surface area contributed by atoms with Crippen molar-refractivity contribution in [1.82, 2.24) is 4.90 Å². The van der Waals surface area contributed by atoms with Gasteiger partial charge in [-0.05, 0) is 44.6 Å². The summed E-state index contributed by atoms with van der Waals surface area (Å²) in [6.07, 6.45) is 2.98. The number of anilines is 1. The second-order valence-corrected chi connectivity index (χ2v) is 8.20. The molecule has 0 aromatic carbocycles. The second kappa shape index (κ2) is 9.15. The minimum Gasteiger partial charge on any atom is -0.338 e. The minimum atomic E-state index is -0.155. The fourth-order valence-corrected chi connectivity index (χ4v) is 4.79. The van der Waals surface area contributed by atoms with E-state index in [0.29, 0.717) is 36.1 Å². The number of fused-ring (bicyclic) bond motifs is 1. The molecule has 6 nitrogen and oxygen atoms in total. The number of nitrogens with zero attached hydrogens (tertiary/aromatic N) is 2. The average Bonchev–Trinajstić information content (AvgIpc) is 2.91. The van der Waals surface area contributed by atoms with E-state index in [0.717, 1.165) is 29.7 Å². The van der Waals surface area contributed by atoms with Crippen LogP contribution in [0.2, 0.25) is 0 Å². The van der Waals surface area contributed by atoms with Gasteiger partial charge in [-0.15, -0.1) is 11.3 Å². The summed E-state index contributed by atoms with van der Waals surface area (Å²) >= 11 is 1.53. The first-order valence-electron chi connectivity index (χ1n) is 9.33. The molecular formula is C19H29N4O2S+. The summed E-state index contributed by atoms with van der Waals surface area (Å²) < 4.78 is 0. The first kappa shape index (κ1) is 20.4. The molecule has 1 aromatic rings. The van der Waals surface area contributed by atoms with Crippen molar-refractivity contribution in [3.05, 3.63) is 16.0 Å². The second-order valence-electron chi connectivity index (χ2n) is 7.09. The number of quaternary nitrogens is 1. The van der Waals surface area contributed by atoms with Gasteiger partial charge in [0.25, 0.3) is 11.8 Å². The predicted molar refractivity (Wildman–Crippen MR) is 103 cm³/mol. The molecule has 1 heterocycles. The fraction of sp³-hybridized carbons (Fsp3) is 0.632. The molecule has 0 spiro atoms. The fourth-order valence-electron chi connectivity index (χ4n) is 3.41. The summed E-state index contributed by atoms with van der Waals surface area (Å²) in [4.78, 5) is 28.4. The van der Waals surface area contributed by atoms with Gasteiger partial charge in [0.15, 0.2) is 13.1 Å². The van der Waals surface area contributed by atoms with Crippen LogP contribution in [0, 0.1) is 17.2 Å². The van der Waals surface area contributed by atoms with Gasteiger partial charge < -0.3 is 15.1 Å². The van der Waals surface area contributed by atoms with E-state index in [9.17, 15) is 14.9 Å². The Labute approximate surface area is 159 Å². The standard InChI is InChI=1S/C19H28N4O2S/c1-5-23(6-2)18(25)12-22(4)11-17(24)21-19-15(10-20)14-8-7-13(3)9-16(14)26-19/h13H,5-9,11-12H2,1-4H3,(H,21,24)/p+1/t13-/m1/s1. The smallest absolute Gasteiger partial charge is 0.280 e. The maximum Gasteiger partial charge on any atom is 0.280 e. The van der Waals surface area contributed by atoms with Gasteiger partial charge in [0.2, 0.25) is 0 Å². The molecule has 0 radical (unpaired) electrons.